The summed E-state index contributed by atoms with van der Waals surface area (Å²) in [5.74, 6) is -0.975. The molecule has 0 fully saturated rings. The summed E-state index contributed by atoms with van der Waals surface area (Å²) in [6, 6.07) is 3.45. The van der Waals surface area contributed by atoms with Gasteiger partial charge in [0, 0.05) is 5.92 Å². The van der Waals surface area contributed by atoms with Gasteiger partial charge >= 0.3 is 0 Å². The van der Waals surface area contributed by atoms with Crippen LogP contribution in [0.3, 0.4) is 0 Å². The second-order valence-electron chi connectivity index (χ2n) is 4.12. The van der Waals surface area contributed by atoms with E-state index in [4.69, 9.17) is 5.21 Å². The van der Waals surface area contributed by atoms with E-state index >= 15 is 0 Å². The van der Waals surface area contributed by atoms with Gasteiger partial charge in [0.2, 0.25) is 5.91 Å². The summed E-state index contributed by atoms with van der Waals surface area (Å²) in [7, 11) is 0. The third-order valence-electron chi connectivity index (χ3n) is 2.60. The van der Waals surface area contributed by atoms with Crippen LogP contribution in [0.4, 0.5) is 4.39 Å². The Balaban J connectivity index is 2.86. The molecule has 3 nitrogen and oxygen atoms in total. The first-order valence-corrected chi connectivity index (χ1v) is 5.15. The molecule has 1 rings (SSSR count). The van der Waals surface area contributed by atoms with Gasteiger partial charge in [0.1, 0.15) is 5.82 Å². The number of halogens is 1. The van der Waals surface area contributed by atoms with Gasteiger partial charge < -0.3 is 0 Å². The van der Waals surface area contributed by atoms with Crippen LogP contribution in [0.15, 0.2) is 12.1 Å². The molecule has 0 saturated carbocycles. The van der Waals surface area contributed by atoms with E-state index in [0.29, 0.717) is 17.5 Å². The van der Waals surface area contributed by atoms with E-state index in [1.54, 1.807) is 38.4 Å². The largest absolute Gasteiger partial charge is 0.289 e. The second kappa shape index (κ2) is 5.07. The molecule has 1 atom stereocenters. The Hall–Kier alpha value is -1.42. The summed E-state index contributed by atoms with van der Waals surface area (Å²) in [5, 5.41) is 8.48. The van der Waals surface area contributed by atoms with E-state index in [9.17, 15) is 9.18 Å². The molecule has 4 heteroatoms. The van der Waals surface area contributed by atoms with Crippen LogP contribution in [0, 0.1) is 25.6 Å². The smallest absolute Gasteiger partial charge is 0.246 e. The quantitative estimate of drug-likeness (QED) is 0.611. The highest BCUT2D eigenvalue weighted by atomic mass is 19.1. The molecular weight excluding hydrogens is 209 g/mol. The molecule has 0 aromatic heterocycles. The van der Waals surface area contributed by atoms with Crippen LogP contribution >= 0.6 is 0 Å². The zero-order valence-corrected chi connectivity index (χ0v) is 9.67. The Labute approximate surface area is 94.2 Å². The number of hydrogen-bond donors (Lipinski definition) is 2. The van der Waals surface area contributed by atoms with Crippen molar-refractivity contribution in [3.63, 3.8) is 0 Å². The molecule has 0 aliphatic carbocycles. The molecule has 0 saturated heterocycles. The summed E-state index contributed by atoms with van der Waals surface area (Å²) >= 11 is 0. The van der Waals surface area contributed by atoms with Crippen molar-refractivity contribution in [1.82, 2.24) is 5.48 Å². The van der Waals surface area contributed by atoms with Crippen molar-refractivity contribution in [3.05, 3.63) is 34.6 Å². The van der Waals surface area contributed by atoms with E-state index in [2.05, 4.69) is 0 Å². The number of carbonyl (C=O) groups is 1. The van der Waals surface area contributed by atoms with Gasteiger partial charge in [-0.2, -0.15) is 0 Å². The Kier molecular flexibility index (Phi) is 4.01. The molecule has 0 unspecified atom stereocenters. The van der Waals surface area contributed by atoms with Crippen molar-refractivity contribution in [2.24, 2.45) is 5.92 Å². The van der Waals surface area contributed by atoms with Crippen molar-refractivity contribution in [2.75, 3.05) is 0 Å². The Morgan fingerprint density at radius 2 is 1.94 bits per heavy atom. The fourth-order valence-electron chi connectivity index (χ4n) is 1.71. The van der Waals surface area contributed by atoms with Gasteiger partial charge in [0.05, 0.1) is 0 Å². The van der Waals surface area contributed by atoms with Crippen molar-refractivity contribution >= 4 is 5.91 Å². The molecule has 0 aliphatic rings. The van der Waals surface area contributed by atoms with Gasteiger partial charge in [-0.1, -0.05) is 19.1 Å². The normalized spacial score (nSPS) is 12.3. The molecule has 0 heterocycles. The molecule has 1 amide bonds. The van der Waals surface area contributed by atoms with Crippen LogP contribution in [0.1, 0.15) is 23.6 Å². The van der Waals surface area contributed by atoms with E-state index in [1.165, 1.54) is 0 Å². The highest BCUT2D eigenvalue weighted by Gasteiger charge is 2.14. The second-order valence-corrected chi connectivity index (χ2v) is 4.12. The molecule has 1 aromatic rings. The standard InChI is InChI=1S/C12H16FNO2/c1-7-4-10(5-8(2)11(7)13)6-9(3)12(15)14-16/h4-5,9,16H,6H2,1-3H3,(H,14,15)/t9-/m1/s1. The zero-order valence-electron chi connectivity index (χ0n) is 9.67. The first-order valence-electron chi connectivity index (χ1n) is 5.15. The molecule has 0 bridgehead atoms. The number of aryl methyl sites for hydroxylation is 2. The molecule has 16 heavy (non-hydrogen) atoms. The summed E-state index contributed by atoms with van der Waals surface area (Å²) in [6.45, 7) is 5.10. The van der Waals surface area contributed by atoms with Crippen LogP contribution in [0.2, 0.25) is 0 Å². The Bertz CT molecular complexity index is 381. The predicted octanol–water partition coefficient (Wildman–Crippen LogP) is 2.13. The highest BCUT2D eigenvalue weighted by molar-refractivity contribution is 5.77. The van der Waals surface area contributed by atoms with Gasteiger partial charge in [-0.15, -0.1) is 0 Å². The number of hydrogen-bond acceptors (Lipinski definition) is 2. The topological polar surface area (TPSA) is 49.3 Å². The third kappa shape index (κ3) is 2.79. The van der Waals surface area contributed by atoms with Crippen molar-refractivity contribution in [1.29, 1.82) is 0 Å². The highest BCUT2D eigenvalue weighted by Crippen LogP contribution is 2.17. The average Bonchev–Trinajstić information content (AvgIpc) is 2.24. The number of nitrogens with one attached hydrogen (secondary N) is 1. The number of hydroxylamine groups is 1. The van der Waals surface area contributed by atoms with E-state index < -0.39 is 5.91 Å². The number of benzene rings is 1. The fraction of sp³-hybridized carbons (Fsp3) is 0.417. The molecule has 0 radical (unpaired) electrons. The van der Waals surface area contributed by atoms with Crippen molar-refractivity contribution in [2.45, 2.75) is 27.2 Å². The van der Waals surface area contributed by atoms with Gasteiger partial charge in [-0.05, 0) is 37.0 Å². The van der Waals surface area contributed by atoms with Crippen molar-refractivity contribution < 1.29 is 14.4 Å². The summed E-state index contributed by atoms with van der Waals surface area (Å²) in [4.78, 5) is 11.1. The number of carbonyl (C=O) groups excluding carboxylic acids is 1. The maximum atomic E-state index is 13.4. The Morgan fingerprint density at radius 1 is 1.44 bits per heavy atom. The van der Waals surface area contributed by atoms with Crippen LogP contribution < -0.4 is 5.48 Å². The summed E-state index contributed by atoms with van der Waals surface area (Å²) in [6.07, 6.45) is 0.481. The van der Waals surface area contributed by atoms with Crippen LogP contribution in [0.25, 0.3) is 0 Å². The maximum Gasteiger partial charge on any atom is 0.246 e. The lowest BCUT2D eigenvalue weighted by molar-refractivity contribution is -0.132. The van der Waals surface area contributed by atoms with Gasteiger partial charge in [0.15, 0.2) is 0 Å². The maximum absolute atomic E-state index is 13.4. The molecule has 2 N–H and O–H groups in total. The number of amides is 1. The monoisotopic (exact) mass is 225 g/mol. The van der Waals surface area contributed by atoms with Gasteiger partial charge in [-0.25, -0.2) is 9.87 Å². The van der Waals surface area contributed by atoms with Crippen molar-refractivity contribution in [3.8, 4) is 0 Å². The lowest BCUT2D eigenvalue weighted by Gasteiger charge is -2.11. The van der Waals surface area contributed by atoms with E-state index in [-0.39, 0.29) is 11.7 Å². The lowest BCUT2D eigenvalue weighted by Crippen LogP contribution is -2.27. The predicted molar refractivity (Wildman–Crippen MR) is 58.7 cm³/mol. The molecule has 88 valence electrons. The summed E-state index contributed by atoms with van der Waals surface area (Å²) < 4.78 is 13.4. The van der Waals surface area contributed by atoms with Crippen LogP contribution in [0.5, 0.6) is 0 Å². The zero-order chi connectivity index (χ0) is 12.3. The lowest BCUT2D eigenvalue weighted by atomic mass is 9.97. The van der Waals surface area contributed by atoms with E-state index in [1.807, 2.05) is 0 Å². The minimum Gasteiger partial charge on any atom is -0.289 e. The molecule has 0 aliphatic heterocycles. The minimum absolute atomic E-state index is 0.206. The molecule has 1 aromatic carbocycles. The molecular formula is C12H16FNO2. The van der Waals surface area contributed by atoms with E-state index in [0.717, 1.165) is 5.56 Å². The van der Waals surface area contributed by atoms with Gasteiger partial charge in [0.25, 0.3) is 0 Å². The van der Waals surface area contributed by atoms with Gasteiger partial charge in [-0.3, -0.25) is 10.0 Å². The average molecular weight is 225 g/mol. The first kappa shape index (κ1) is 12.6. The summed E-state index contributed by atoms with van der Waals surface area (Å²) in [5.41, 5.74) is 3.66. The van der Waals surface area contributed by atoms with Crippen LogP contribution in [-0.4, -0.2) is 11.1 Å². The fourth-order valence-corrected chi connectivity index (χ4v) is 1.71. The molecule has 0 spiro atoms. The SMILES string of the molecule is Cc1cc(C[C@@H](C)C(=O)NO)cc(C)c1F. The first-order chi connectivity index (χ1) is 7.45. The number of rotatable bonds is 3. The van der Waals surface area contributed by atoms with Crippen LogP contribution in [-0.2, 0) is 11.2 Å². The minimum atomic E-state index is -0.431. The third-order valence-corrected chi connectivity index (χ3v) is 2.60. The Morgan fingerprint density at radius 3 is 2.38 bits per heavy atom.